The lowest BCUT2D eigenvalue weighted by atomic mass is 9.87. The highest BCUT2D eigenvalue weighted by Crippen LogP contribution is 2.45. The van der Waals surface area contributed by atoms with E-state index in [4.69, 9.17) is 15.0 Å². The third-order valence-corrected chi connectivity index (χ3v) is 13.2. The minimum absolute atomic E-state index is 0.698. The summed E-state index contributed by atoms with van der Waals surface area (Å²) in [6.45, 7) is 0. The number of pyridine rings is 1. The van der Waals surface area contributed by atoms with Crippen molar-refractivity contribution in [3.63, 3.8) is 0 Å². The molecular weight excluding hydrogens is 799 g/mol. The van der Waals surface area contributed by atoms with Gasteiger partial charge in [-0.25, -0.2) is 15.0 Å². The van der Waals surface area contributed by atoms with Crippen LogP contribution in [0.15, 0.2) is 237 Å². The van der Waals surface area contributed by atoms with Gasteiger partial charge in [0.15, 0.2) is 5.82 Å². The van der Waals surface area contributed by atoms with Crippen LogP contribution in [-0.4, -0.2) is 15.0 Å². The van der Waals surface area contributed by atoms with Crippen LogP contribution in [0.4, 0.5) is 0 Å². The van der Waals surface area contributed by atoms with Gasteiger partial charge in [0, 0.05) is 33.0 Å². The Morgan fingerprint density at radius 3 is 1.24 bits per heavy atom. The molecule has 3 nitrogen and oxygen atoms in total. The quantitative estimate of drug-likeness (QED) is 0.157. The molecule has 0 fully saturated rings. The smallest absolute Gasteiger partial charge is 0.160 e. The van der Waals surface area contributed by atoms with Crippen LogP contribution in [0.25, 0.3) is 132 Å². The lowest BCUT2D eigenvalue weighted by Gasteiger charge is -2.18. The van der Waals surface area contributed by atoms with Gasteiger partial charge in [-0.15, -0.1) is 0 Å². The highest BCUT2D eigenvalue weighted by atomic mass is 14.9. The summed E-state index contributed by atoms with van der Waals surface area (Å²) in [5.74, 6) is 0.698. The molecule has 2 heterocycles. The number of nitrogens with zero attached hydrogens (tertiary/aromatic N) is 3. The van der Waals surface area contributed by atoms with E-state index in [1.165, 1.54) is 59.6 Å². The molecular formula is C63H39N3. The zero-order chi connectivity index (χ0) is 43.6. The van der Waals surface area contributed by atoms with Crippen LogP contribution < -0.4 is 0 Å². The van der Waals surface area contributed by atoms with Gasteiger partial charge < -0.3 is 0 Å². The maximum Gasteiger partial charge on any atom is 0.160 e. The molecule has 0 aliphatic carbocycles. The van der Waals surface area contributed by atoms with Crippen LogP contribution >= 0.6 is 0 Å². The monoisotopic (exact) mass is 837 g/mol. The van der Waals surface area contributed by atoms with E-state index in [2.05, 4.69) is 212 Å². The maximum absolute atomic E-state index is 5.69. The molecule has 0 saturated carbocycles. The van der Waals surface area contributed by atoms with Gasteiger partial charge in [0.25, 0.3) is 0 Å². The van der Waals surface area contributed by atoms with Crippen molar-refractivity contribution in [3.8, 4) is 67.4 Å². The van der Waals surface area contributed by atoms with Crippen molar-refractivity contribution in [2.75, 3.05) is 0 Å². The molecule has 3 heteroatoms. The topological polar surface area (TPSA) is 38.7 Å². The highest BCUT2D eigenvalue weighted by Gasteiger charge is 2.20. The van der Waals surface area contributed by atoms with Crippen molar-refractivity contribution in [1.82, 2.24) is 15.0 Å². The molecule has 0 aliphatic heterocycles. The summed E-state index contributed by atoms with van der Waals surface area (Å²) in [7, 11) is 0. The molecule has 0 atom stereocenters. The van der Waals surface area contributed by atoms with E-state index in [9.17, 15) is 0 Å². The van der Waals surface area contributed by atoms with Gasteiger partial charge in [-0.2, -0.15) is 0 Å². The predicted molar refractivity (Wildman–Crippen MR) is 277 cm³/mol. The van der Waals surface area contributed by atoms with Gasteiger partial charge in [0.1, 0.15) is 0 Å². The Kier molecular flexibility index (Phi) is 8.85. The fourth-order valence-corrected chi connectivity index (χ4v) is 10.1. The molecule has 0 amide bonds. The second kappa shape index (κ2) is 15.5. The lowest BCUT2D eigenvalue weighted by Crippen LogP contribution is -1.96. The summed E-state index contributed by atoms with van der Waals surface area (Å²) in [4.78, 5) is 15.9. The Morgan fingerprint density at radius 2 is 0.636 bits per heavy atom. The van der Waals surface area contributed by atoms with Crippen molar-refractivity contribution in [3.05, 3.63) is 237 Å². The molecule has 2 aromatic heterocycles. The normalized spacial score (nSPS) is 11.6. The van der Waals surface area contributed by atoms with E-state index in [0.29, 0.717) is 5.82 Å². The highest BCUT2D eigenvalue weighted by molar-refractivity contribution is 6.22. The van der Waals surface area contributed by atoms with Gasteiger partial charge in [0.2, 0.25) is 0 Å². The summed E-state index contributed by atoms with van der Waals surface area (Å²) in [6, 6.07) is 84.8. The summed E-state index contributed by atoms with van der Waals surface area (Å²) in [5.41, 5.74) is 12.4. The van der Waals surface area contributed by atoms with Gasteiger partial charge in [-0.3, -0.25) is 0 Å². The second-order valence-corrected chi connectivity index (χ2v) is 17.1. The fourth-order valence-electron chi connectivity index (χ4n) is 10.1. The van der Waals surface area contributed by atoms with E-state index in [-0.39, 0.29) is 0 Å². The number of rotatable bonds is 6. The first-order chi connectivity index (χ1) is 32.7. The SMILES string of the molecule is c1ccc(-c2cc(-c3ccc(-c4cc(-c5cc6ccccc6c6ccccc56)nc5c4cc(-c4cc6ccccc6c6ccccc46)c4ccccc45)cc3)nc(-c3ccccc3)n2)cc1. The van der Waals surface area contributed by atoms with Crippen molar-refractivity contribution in [1.29, 1.82) is 0 Å². The molecule has 0 saturated heterocycles. The zero-order valence-corrected chi connectivity index (χ0v) is 35.9. The van der Waals surface area contributed by atoms with Gasteiger partial charge in [0.05, 0.1) is 22.6 Å². The molecule has 0 aliphatic rings. The fraction of sp³-hybridized carbons (Fsp3) is 0. The molecule has 0 unspecified atom stereocenters. The number of fused-ring (bicyclic) bond motifs is 9. The molecule has 11 aromatic carbocycles. The van der Waals surface area contributed by atoms with E-state index < -0.39 is 0 Å². The van der Waals surface area contributed by atoms with Crippen LogP contribution in [0, 0.1) is 0 Å². The van der Waals surface area contributed by atoms with Crippen LogP contribution in [0.1, 0.15) is 0 Å². The predicted octanol–water partition coefficient (Wildman–Crippen LogP) is 16.8. The van der Waals surface area contributed by atoms with Gasteiger partial charge in [-0.05, 0) is 101 Å². The Labute approximate surface area is 382 Å². The Bertz CT molecular complexity index is 3970. The molecule has 0 bridgehead atoms. The molecule has 0 N–H and O–H groups in total. The standard InChI is InChI=1S/C63H39N3/c1-3-17-41(18-4-1)59-39-60(66-63(65-59)43-19-5-2-6-20-43)42-33-31-40(32-34-42)54-38-61(57-36-45-22-8-10-24-47(45)49-26-12-14-28-51(49)57)64-62-53-30-16-15-29-52(53)56(37-58(54)62)55-35-44-21-7-9-23-46(44)48-25-11-13-27-50(48)55/h1-39H. The number of hydrogen-bond acceptors (Lipinski definition) is 3. The van der Waals surface area contributed by atoms with Gasteiger partial charge in [-0.1, -0.05) is 206 Å². The number of aromatic nitrogens is 3. The second-order valence-electron chi connectivity index (χ2n) is 17.1. The molecule has 0 spiro atoms. The average molecular weight is 838 g/mol. The first kappa shape index (κ1) is 37.7. The van der Waals surface area contributed by atoms with Crippen molar-refractivity contribution in [2.45, 2.75) is 0 Å². The minimum Gasteiger partial charge on any atom is -0.247 e. The third-order valence-electron chi connectivity index (χ3n) is 13.2. The van der Waals surface area contributed by atoms with E-state index in [1.807, 2.05) is 24.3 Å². The van der Waals surface area contributed by atoms with E-state index >= 15 is 0 Å². The van der Waals surface area contributed by atoms with Gasteiger partial charge >= 0.3 is 0 Å². The van der Waals surface area contributed by atoms with Crippen LogP contribution in [0.2, 0.25) is 0 Å². The summed E-state index contributed by atoms with van der Waals surface area (Å²) in [5, 5.41) is 13.2. The number of benzene rings is 11. The zero-order valence-electron chi connectivity index (χ0n) is 35.9. The molecule has 306 valence electrons. The van der Waals surface area contributed by atoms with Crippen molar-refractivity contribution >= 4 is 64.8 Å². The van der Waals surface area contributed by atoms with E-state index in [1.54, 1.807) is 0 Å². The van der Waals surface area contributed by atoms with Crippen LogP contribution in [0.3, 0.4) is 0 Å². The first-order valence-corrected chi connectivity index (χ1v) is 22.5. The number of hydrogen-bond donors (Lipinski definition) is 0. The van der Waals surface area contributed by atoms with E-state index in [0.717, 1.165) is 66.8 Å². The maximum atomic E-state index is 5.69. The van der Waals surface area contributed by atoms with Crippen LogP contribution in [0.5, 0.6) is 0 Å². The molecule has 13 rings (SSSR count). The Hall–Kier alpha value is -8.79. The summed E-state index contributed by atoms with van der Waals surface area (Å²) < 4.78 is 0. The Balaban J connectivity index is 1.07. The van der Waals surface area contributed by atoms with Crippen molar-refractivity contribution in [2.24, 2.45) is 0 Å². The summed E-state index contributed by atoms with van der Waals surface area (Å²) >= 11 is 0. The average Bonchev–Trinajstić information content (AvgIpc) is 3.40. The molecule has 66 heavy (non-hydrogen) atoms. The molecule has 13 aromatic rings. The lowest BCUT2D eigenvalue weighted by molar-refractivity contribution is 1.18. The third kappa shape index (κ3) is 6.32. The van der Waals surface area contributed by atoms with Crippen molar-refractivity contribution < 1.29 is 0 Å². The minimum atomic E-state index is 0.698. The largest absolute Gasteiger partial charge is 0.247 e. The Morgan fingerprint density at radius 1 is 0.212 bits per heavy atom. The van der Waals surface area contributed by atoms with Crippen LogP contribution in [-0.2, 0) is 0 Å². The molecule has 0 radical (unpaired) electrons. The first-order valence-electron chi connectivity index (χ1n) is 22.5. The summed E-state index contributed by atoms with van der Waals surface area (Å²) in [6.07, 6.45) is 0.